The van der Waals surface area contributed by atoms with E-state index in [1.807, 2.05) is 0 Å². The minimum atomic E-state index is -3.00. The van der Waals surface area contributed by atoms with Crippen LogP contribution in [-0.4, -0.2) is 43.8 Å². The molecule has 19 heavy (non-hydrogen) atoms. The molecule has 1 aromatic rings. The summed E-state index contributed by atoms with van der Waals surface area (Å²) in [5.41, 5.74) is 6.65. The summed E-state index contributed by atoms with van der Waals surface area (Å²) in [5.74, 6) is -0.0237. The number of nitrogen functional groups attached to an aromatic ring is 1. The summed E-state index contributed by atoms with van der Waals surface area (Å²) >= 11 is 3.29. The van der Waals surface area contributed by atoms with Gasteiger partial charge in [-0.1, -0.05) is 15.9 Å². The number of hydrogen-bond acceptors (Lipinski definition) is 4. The van der Waals surface area contributed by atoms with Gasteiger partial charge < -0.3 is 10.6 Å². The lowest BCUT2D eigenvalue weighted by Crippen LogP contribution is -2.37. The minimum Gasteiger partial charge on any atom is -0.399 e. The van der Waals surface area contributed by atoms with Crippen LogP contribution in [0.4, 0.5) is 5.69 Å². The fourth-order valence-electron chi connectivity index (χ4n) is 2.19. The van der Waals surface area contributed by atoms with Gasteiger partial charge in [-0.05, 0) is 24.6 Å². The Morgan fingerprint density at radius 1 is 1.42 bits per heavy atom. The third-order valence-corrected chi connectivity index (χ3v) is 5.45. The average molecular weight is 347 g/mol. The molecule has 104 valence electrons. The molecule has 7 heteroatoms. The van der Waals surface area contributed by atoms with E-state index < -0.39 is 9.84 Å². The SMILES string of the molecule is CN(C(=O)c1cc(N)cc(Br)c1)C1CCS(=O)(=O)C1. The topological polar surface area (TPSA) is 80.5 Å². The fourth-order valence-corrected chi connectivity index (χ4v) is 4.47. The molecule has 0 spiro atoms. The third kappa shape index (κ3) is 3.27. The predicted molar refractivity (Wildman–Crippen MR) is 77.7 cm³/mol. The Morgan fingerprint density at radius 3 is 2.63 bits per heavy atom. The maximum Gasteiger partial charge on any atom is 0.253 e. The number of sulfone groups is 1. The van der Waals surface area contributed by atoms with E-state index >= 15 is 0 Å². The van der Waals surface area contributed by atoms with Crippen molar-refractivity contribution in [2.75, 3.05) is 24.3 Å². The lowest BCUT2D eigenvalue weighted by molar-refractivity contribution is 0.0747. The van der Waals surface area contributed by atoms with E-state index in [4.69, 9.17) is 5.73 Å². The molecule has 0 bridgehead atoms. The molecule has 1 fully saturated rings. The molecule has 5 nitrogen and oxygen atoms in total. The second-order valence-corrected chi connectivity index (χ2v) is 7.89. The van der Waals surface area contributed by atoms with Gasteiger partial charge in [-0.2, -0.15) is 0 Å². The van der Waals surface area contributed by atoms with Crippen LogP contribution in [0.1, 0.15) is 16.8 Å². The summed E-state index contributed by atoms with van der Waals surface area (Å²) in [6.07, 6.45) is 0.494. The minimum absolute atomic E-state index is 0.0404. The van der Waals surface area contributed by atoms with E-state index in [1.165, 1.54) is 4.90 Å². The number of benzene rings is 1. The van der Waals surface area contributed by atoms with Crippen LogP contribution in [0.25, 0.3) is 0 Å². The first-order valence-electron chi connectivity index (χ1n) is 5.82. The molecule has 0 aliphatic carbocycles. The van der Waals surface area contributed by atoms with Crippen LogP contribution in [-0.2, 0) is 9.84 Å². The van der Waals surface area contributed by atoms with Crippen molar-refractivity contribution in [3.8, 4) is 0 Å². The van der Waals surface area contributed by atoms with Gasteiger partial charge in [0.15, 0.2) is 9.84 Å². The molecule has 1 aliphatic heterocycles. The molecule has 1 saturated heterocycles. The van der Waals surface area contributed by atoms with Crippen LogP contribution < -0.4 is 5.73 Å². The summed E-state index contributed by atoms with van der Waals surface area (Å²) in [7, 11) is -1.37. The van der Waals surface area contributed by atoms with Gasteiger partial charge in [0.2, 0.25) is 0 Å². The molecule has 0 aromatic heterocycles. The average Bonchev–Trinajstić information content (AvgIpc) is 2.66. The summed E-state index contributed by atoms with van der Waals surface area (Å²) in [4.78, 5) is 13.8. The van der Waals surface area contributed by atoms with Crippen molar-refractivity contribution in [3.63, 3.8) is 0 Å². The molecule has 0 radical (unpaired) electrons. The summed E-state index contributed by atoms with van der Waals surface area (Å²) < 4.78 is 23.6. The zero-order valence-electron chi connectivity index (χ0n) is 10.5. The third-order valence-electron chi connectivity index (χ3n) is 3.24. The Kier molecular flexibility index (Phi) is 3.87. The summed E-state index contributed by atoms with van der Waals surface area (Å²) in [5, 5.41) is 0. The van der Waals surface area contributed by atoms with Gasteiger partial charge in [-0.3, -0.25) is 4.79 Å². The predicted octanol–water partition coefficient (Wildman–Crippen LogP) is 1.29. The van der Waals surface area contributed by atoms with Crippen LogP contribution in [0.15, 0.2) is 22.7 Å². The molecular weight excluding hydrogens is 332 g/mol. The molecule has 2 rings (SSSR count). The van der Waals surface area contributed by atoms with Gasteiger partial charge in [-0.15, -0.1) is 0 Å². The van der Waals surface area contributed by atoms with E-state index in [-0.39, 0.29) is 23.5 Å². The van der Waals surface area contributed by atoms with Gasteiger partial charge in [0.05, 0.1) is 11.5 Å². The van der Waals surface area contributed by atoms with Gasteiger partial charge in [0.25, 0.3) is 5.91 Å². The van der Waals surface area contributed by atoms with Crippen LogP contribution in [0.2, 0.25) is 0 Å². The number of nitrogens with two attached hydrogens (primary N) is 1. The Balaban J connectivity index is 2.20. The second kappa shape index (κ2) is 5.13. The van der Waals surface area contributed by atoms with Gasteiger partial charge in [0.1, 0.15) is 0 Å². The largest absolute Gasteiger partial charge is 0.399 e. The van der Waals surface area contributed by atoms with Crippen LogP contribution >= 0.6 is 15.9 Å². The highest BCUT2D eigenvalue weighted by Gasteiger charge is 2.33. The number of nitrogens with zero attached hydrogens (tertiary/aromatic N) is 1. The van der Waals surface area contributed by atoms with E-state index in [0.29, 0.717) is 17.7 Å². The van der Waals surface area contributed by atoms with Crippen LogP contribution in [0.5, 0.6) is 0 Å². The van der Waals surface area contributed by atoms with Crippen molar-refractivity contribution >= 4 is 37.4 Å². The molecular formula is C12H15BrN2O3S. The molecule has 1 amide bonds. The highest BCUT2D eigenvalue weighted by Crippen LogP contribution is 2.22. The number of hydrogen-bond donors (Lipinski definition) is 1. The number of halogens is 1. The Morgan fingerprint density at radius 2 is 2.11 bits per heavy atom. The molecule has 1 unspecified atom stereocenters. The van der Waals surface area contributed by atoms with Crippen molar-refractivity contribution in [1.82, 2.24) is 4.90 Å². The monoisotopic (exact) mass is 346 g/mol. The zero-order chi connectivity index (χ0) is 14.2. The molecule has 1 aliphatic rings. The summed E-state index contributed by atoms with van der Waals surface area (Å²) in [6.45, 7) is 0. The normalized spacial score (nSPS) is 21.3. The van der Waals surface area contributed by atoms with E-state index in [9.17, 15) is 13.2 Å². The highest BCUT2D eigenvalue weighted by atomic mass is 79.9. The van der Waals surface area contributed by atoms with Crippen molar-refractivity contribution < 1.29 is 13.2 Å². The number of carbonyl (C=O) groups is 1. The maximum absolute atomic E-state index is 12.3. The Hall–Kier alpha value is -1.08. The van der Waals surface area contributed by atoms with Crippen molar-refractivity contribution in [1.29, 1.82) is 0 Å². The lowest BCUT2D eigenvalue weighted by atomic mass is 10.1. The second-order valence-electron chi connectivity index (χ2n) is 4.75. The van der Waals surface area contributed by atoms with Crippen molar-refractivity contribution in [2.24, 2.45) is 0 Å². The number of rotatable bonds is 2. The maximum atomic E-state index is 12.3. The zero-order valence-corrected chi connectivity index (χ0v) is 12.9. The highest BCUT2D eigenvalue weighted by molar-refractivity contribution is 9.10. The molecule has 2 N–H and O–H groups in total. The first-order chi connectivity index (χ1) is 8.78. The van der Waals surface area contributed by atoms with Gasteiger partial charge in [0, 0.05) is 28.8 Å². The molecule has 1 atom stereocenters. The van der Waals surface area contributed by atoms with Gasteiger partial charge >= 0.3 is 0 Å². The fraction of sp³-hybridized carbons (Fsp3) is 0.417. The first-order valence-corrected chi connectivity index (χ1v) is 8.43. The number of carbonyl (C=O) groups excluding carboxylic acids is 1. The standard InChI is InChI=1S/C12H15BrN2O3S/c1-15(11-2-3-19(17,18)7-11)12(16)8-4-9(13)6-10(14)5-8/h4-6,11H,2-3,7,14H2,1H3. The van der Waals surface area contributed by atoms with Crippen molar-refractivity contribution in [2.45, 2.75) is 12.5 Å². The first kappa shape index (κ1) is 14.3. The Labute approximate surface area is 120 Å². The van der Waals surface area contributed by atoms with Crippen LogP contribution in [0, 0.1) is 0 Å². The quantitative estimate of drug-likeness (QED) is 0.818. The van der Waals surface area contributed by atoms with E-state index in [0.717, 1.165) is 4.47 Å². The molecule has 1 heterocycles. The number of amides is 1. The molecule has 0 saturated carbocycles. The molecule has 1 aromatic carbocycles. The summed E-state index contributed by atoms with van der Waals surface area (Å²) in [6, 6.07) is 4.72. The van der Waals surface area contributed by atoms with E-state index in [1.54, 1.807) is 25.2 Å². The lowest BCUT2D eigenvalue weighted by Gasteiger charge is -2.23. The van der Waals surface area contributed by atoms with Gasteiger partial charge in [-0.25, -0.2) is 8.42 Å². The number of anilines is 1. The van der Waals surface area contributed by atoms with Crippen molar-refractivity contribution in [3.05, 3.63) is 28.2 Å². The van der Waals surface area contributed by atoms with E-state index in [2.05, 4.69) is 15.9 Å². The Bertz CT molecular complexity index is 595. The van der Waals surface area contributed by atoms with Crippen LogP contribution in [0.3, 0.4) is 0 Å². The smallest absolute Gasteiger partial charge is 0.253 e.